The highest BCUT2D eigenvalue weighted by atomic mass is 35.5. The van der Waals surface area contributed by atoms with Crippen LogP contribution in [0.3, 0.4) is 0 Å². The van der Waals surface area contributed by atoms with Crippen LogP contribution in [0.1, 0.15) is 42.8 Å². The van der Waals surface area contributed by atoms with Crippen LogP contribution in [0.15, 0.2) is 30.3 Å². The molecule has 0 bridgehead atoms. The second-order valence-electron chi connectivity index (χ2n) is 7.75. The number of ether oxygens (including phenoxy) is 3. The van der Waals surface area contributed by atoms with E-state index in [2.05, 4.69) is 41.2 Å². The lowest BCUT2D eigenvalue weighted by molar-refractivity contribution is 0.0182. The van der Waals surface area contributed by atoms with Crippen molar-refractivity contribution < 1.29 is 14.2 Å². The van der Waals surface area contributed by atoms with Gasteiger partial charge in [0.15, 0.2) is 10.9 Å². The molecule has 1 saturated heterocycles. The van der Waals surface area contributed by atoms with Gasteiger partial charge in [0.05, 0.1) is 38.2 Å². The van der Waals surface area contributed by atoms with Crippen LogP contribution in [0.4, 0.5) is 0 Å². The molecule has 29 heavy (non-hydrogen) atoms. The van der Waals surface area contributed by atoms with Crippen LogP contribution >= 0.6 is 11.6 Å². The number of halogens is 1. The maximum atomic E-state index is 6.23. The smallest absolute Gasteiger partial charge is 0.171 e. The number of rotatable bonds is 5. The van der Waals surface area contributed by atoms with E-state index in [0.29, 0.717) is 24.1 Å². The molecule has 1 aromatic heterocycles. The molecule has 1 aromatic carbocycles. The van der Waals surface area contributed by atoms with Gasteiger partial charge in [-0.15, -0.1) is 0 Å². The highest BCUT2D eigenvalue weighted by Gasteiger charge is 2.33. The van der Waals surface area contributed by atoms with E-state index < -0.39 is 0 Å². The number of fused-ring (bicyclic) bond motifs is 1. The Hall–Kier alpha value is -1.86. The van der Waals surface area contributed by atoms with Crippen LogP contribution in [-0.2, 0) is 11.3 Å². The quantitative estimate of drug-likeness (QED) is 0.748. The molecule has 2 unspecified atom stereocenters. The third-order valence-corrected chi connectivity index (χ3v) is 5.73. The number of nitrogens with zero attached hydrogens (tertiary/aromatic N) is 2. The first-order valence-electron chi connectivity index (χ1n) is 10.1. The van der Waals surface area contributed by atoms with Gasteiger partial charge in [0.1, 0.15) is 5.75 Å². The van der Waals surface area contributed by atoms with Crippen molar-refractivity contribution in [3.8, 4) is 11.5 Å². The van der Waals surface area contributed by atoms with E-state index in [-0.39, 0.29) is 18.2 Å². The molecular weight excluding hydrogens is 390 g/mol. The van der Waals surface area contributed by atoms with Crippen molar-refractivity contribution in [1.29, 1.82) is 0 Å². The molecule has 2 aliphatic heterocycles. The number of piperazine rings is 1. The Bertz CT molecular complexity index is 861. The van der Waals surface area contributed by atoms with E-state index in [0.717, 1.165) is 36.6 Å². The van der Waals surface area contributed by atoms with Gasteiger partial charge in [-0.1, -0.05) is 29.8 Å². The van der Waals surface area contributed by atoms with Gasteiger partial charge in [0.25, 0.3) is 0 Å². The molecule has 7 heteroatoms. The molecular formula is C22H28ClN3O3. The fourth-order valence-corrected chi connectivity index (χ4v) is 4.36. The summed E-state index contributed by atoms with van der Waals surface area (Å²) in [6, 6.07) is 10.6. The predicted octanol–water partition coefficient (Wildman–Crippen LogP) is 3.75. The van der Waals surface area contributed by atoms with Crippen molar-refractivity contribution in [1.82, 2.24) is 15.2 Å². The third-order valence-electron chi connectivity index (χ3n) is 5.45. The van der Waals surface area contributed by atoms with E-state index in [1.54, 1.807) is 7.11 Å². The molecule has 1 N–H and O–H groups in total. The zero-order valence-corrected chi connectivity index (χ0v) is 17.9. The minimum absolute atomic E-state index is 0.125. The van der Waals surface area contributed by atoms with Crippen molar-refractivity contribution in [2.75, 3.05) is 33.4 Å². The van der Waals surface area contributed by atoms with E-state index >= 15 is 0 Å². The summed E-state index contributed by atoms with van der Waals surface area (Å²) in [5, 5.41) is 4.03. The topological polar surface area (TPSA) is 55.9 Å². The number of para-hydroxylation sites is 1. The molecule has 0 amide bonds. The predicted molar refractivity (Wildman–Crippen MR) is 113 cm³/mol. The van der Waals surface area contributed by atoms with Crippen LogP contribution in [0.25, 0.3) is 0 Å². The number of benzene rings is 1. The van der Waals surface area contributed by atoms with Crippen LogP contribution in [0, 0.1) is 0 Å². The van der Waals surface area contributed by atoms with Crippen molar-refractivity contribution in [3.63, 3.8) is 0 Å². The molecule has 0 spiro atoms. The molecule has 3 heterocycles. The van der Waals surface area contributed by atoms with Crippen LogP contribution < -0.4 is 14.8 Å². The van der Waals surface area contributed by atoms with Gasteiger partial charge in [-0.05, 0) is 31.5 Å². The van der Waals surface area contributed by atoms with Crippen LogP contribution in [0.2, 0.25) is 5.15 Å². The van der Waals surface area contributed by atoms with E-state index in [1.165, 1.54) is 5.56 Å². The normalized spacial score (nSPS) is 22.4. The molecule has 1 fully saturated rings. The summed E-state index contributed by atoms with van der Waals surface area (Å²) in [5.74, 6) is 1.55. The Morgan fingerprint density at radius 3 is 2.86 bits per heavy atom. The maximum absolute atomic E-state index is 6.23. The molecule has 0 radical (unpaired) electrons. The summed E-state index contributed by atoms with van der Waals surface area (Å²) in [4.78, 5) is 6.97. The Kier molecular flexibility index (Phi) is 6.25. The monoisotopic (exact) mass is 417 g/mol. The summed E-state index contributed by atoms with van der Waals surface area (Å²) in [5.41, 5.74) is 3.23. The Morgan fingerprint density at radius 2 is 2.07 bits per heavy atom. The van der Waals surface area contributed by atoms with Crippen LogP contribution in [-0.4, -0.2) is 49.3 Å². The number of aromatic nitrogens is 1. The van der Waals surface area contributed by atoms with Crippen molar-refractivity contribution in [2.45, 2.75) is 38.6 Å². The molecule has 156 valence electrons. The zero-order chi connectivity index (χ0) is 20.4. The lowest BCUT2D eigenvalue weighted by atomic mass is 9.97. The molecule has 0 aliphatic carbocycles. The van der Waals surface area contributed by atoms with Gasteiger partial charge in [0, 0.05) is 31.2 Å². The molecule has 2 atom stereocenters. The minimum atomic E-state index is 0.125. The van der Waals surface area contributed by atoms with Crippen LogP contribution in [0.5, 0.6) is 11.5 Å². The first-order valence-corrected chi connectivity index (χ1v) is 10.5. The summed E-state index contributed by atoms with van der Waals surface area (Å²) in [6.45, 7) is 7.91. The maximum Gasteiger partial charge on any atom is 0.171 e. The van der Waals surface area contributed by atoms with Gasteiger partial charge in [-0.3, -0.25) is 4.90 Å². The number of nitrogens with one attached hydrogen (secondary N) is 1. The van der Waals surface area contributed by atoms with E-state index in [9.17, 15) is 0 Å². The lowest BCUT2D eigenvalue weighted by Crippen LogP contribution is -2.49. The molecule has 0 saturated carbocycles. The first kappa shape index (κ1) is 20.4. The lowest BCUT2D eigenvalue weighted by Gasteiger charge is -2.41. The molecule has 2 aromatic rings. The Balaban J connectivity index is 1.59. The fraction of sp³-hybridized carbons (Fsp3) is 0.500. The third kappa shape index (κ3) is 4.36. The van der Waals surface area contributed by atoms with Gasteiger partial charge >= 0.3 is 0 Å². The van der Waals surface area contributed by atoms with Gasteiger partial charge in [-0.2, -0.15) is 0 Å². The zero-order valence-electron chi connectivity index (χ0n) is 17.2. The molecule has 4 rings (SSSR count). The second-order valence-corrected chi connectivity index (χ2v) is 8.11. The van der Waals surface area contributed by atoms with Gasteiger partial charge in [-0.25, -0.2) is 4.98 Å². The number of hydrogen-bond acceptors (Lipinski definition) is 6. The Labute approximate surface area is 177 Å². The van der Waals surface area contributed by atoms with E-state index in [4.69, 9.17) is 25.8 Å². The van der Waals surface area contributed by atoms with Crippen molar-refractivity contribution in [3.05, 3.63) is 52.3 Å². The summed E-state index contributed by atoms with van der Waals surface area (Å²) in [7, 11) is 1.62. The standard InChI is InChI=1S/C22H28ClN3O3/c1-14(2)29-20-7-5-4-6-15(20)17-11-26(9-8-24-17)19-13-28-12-18-16(19)10-21(27-3)22(23)25-18/h4-7,10,14,17,19,24H,8-9,11-13H2,1-3H3. The summed E-state index contributed by atoms with van der Waals surface area (Å²) in [6.07, 6.45) is 0.137. The molecule has 6 nitrogen and oxygen atoms in total. The Morgan fingerprint density at radius 1 is 1.24 bits per heavy atom. The minimum Gasteiger partial charge on any atom is -0.494 e. The average molecular weight is 418 g/mol. The largest absolute Gasteiger partial charge is 0.494 e. The van der Waals surface area contributed by atoms with Gasteiger partial charge < -0.3 is 19.5 Å². The highest BCUT2D eigenvalue weighted by molar-refractivity contribution is 6.30. The first-order chi connectivity index (χ1) is 14.1. The van der Waals surface area contributed by atoms with Gasteiger partial charge in [0.2, 0.25) is 0 Å². The number of pyridine rings is 1. The SMILES string of the molecule is COc1cc2c(nc1Cl)COCC2N1CCNC(c2ccccc2OC(C)C)C1. The molecule has 2 aliphatic rings. The van der Waals surface area contributed by atoms with Crippen molar-refractivity contribution in [2.24, 2.45) is 0 Å². The fourth-order valence-electron chi connectivity index (χ4n) is 4.12. The number of methoxy groups -OCH3 is 1. The summed E-state index contributed by atoms with van der Waals surface area (Å²) >= 11 is 6.23. The summed E-state index contributed by atoms with van der Waals surface area (Å²) < 4.78 is 17.3. The van der Waals surface area contributed by atoms with Crippen molar-refractivity contribution >= 4 is 11.6 Å². The second kappa shape index (κ2) is 8.88. The van der Waals surface area contributed by atoms with E-state index in [1.807, 2.05) is 18.2 Å². The number of hydrogen-bond donors (Lipinski definition) is 1. The highest BCUT2D eigenvalue weighted by Crippen LogP contribution is 2.36. The average Bonchev–Trinajstić information content (AvgIpc) is 2.73.